The standard InChI is InChI=1S/C27H38F2/c1-2-3-4-5-6-7-8-9-21-10-12-22(13-11-21)23-14-16-24(17-15-23)25-18-19-26(28)27(29)20-25/h14,16-23H,2-13,15H2,1H3. The van der Waals surface area contributed by atoms with Crippen molar-refractivity contribution in [1.29, 1.82) is 0 Å². The molecular weight excluding hydrogens is 362 g/mol. The molecule has 1 unspecified atom stereocenters. The largest absolute Gasteiger partial charge is 0.204 e. The van der Waals surface area contributed by atoms with E-state index < -0.39 is 11.6 Å². The zero-order chi connectivity index (χ0) is 20.5. The maximum atomic E-state index is 13.5. The molecule has 29 heavy (non-hydrogen) atoms. The van der Waals surface area contributed by atoms with Crippen molar-refractivity contribution in [2.24, 2.45) is 17.8 Å². The molecule has 1 atom stereocenters. The van der Waals surface area contributed by atoms with Gasteiger partial charge in [-0.05, 0) is 60.3 Å². The van der Waals surface area contributed by atoms with E-state index in [-0.39, 0.29) is 0 Å². The third kappa shape index (κ3) is 6.79. The quantitative estimate of drug-likeness (QED) is 0.344. The molecule has 0 aromatic heterocycles. The van der Waals surface area contributed by atoms with Crippen LogP contribution in [0.2, 0.25) is 0 Å². The van der Waals surface area contributed by atoms with Crippen LogP contribution in [0.25, 0.3) is 5.57 Å². The van der Waals surface area contributed by atoms with Gasteiger partial charge in [0.15, 0.2) is 11.6 Å². The number of hydrogen-bond acceptors (Lipinski definition) is 0. The van der Waals surface area contributed by atoms with Crippen molar-refractivity contribution in [2.45, 2.75) is 90.4 Å². The van der Waals surface area contributed by atoms with Crippen LogP contribution in [0.4, 0.5) is 8.78 Å². The molecule has 0 aliphatic heterocycles. The van der Waals surface area contributed by atoms with Gasteiger partial charge < -0.3 is 0 Å². The second-order valence-electron chi connectivity index (χ2n) is 9.24. The number of allylic oxidation sites excluding steroid dienone is 4. The highest BCUT2D eigenvalue weighted by Crippen LogP contribution is 2.39. The lowest BCUT2D eigenvalue weighted by atomic mass is 9.72. The number of benzene rings is 1. The Labute approximate surface area is 176 Å². The second kappa shape index (κ2) is 11.7. The first-order valence-electron chi connectivity index (χ1n) is 12.0. The first-order valence-corrected chi connectivity index (χ1v) is 12.0. The zero-order valence-electron chi connectivity index (χ0n) is 18.1. The summed E-state index contributed by atoms with van der Waals surface area (Å²) >= 11 is 0. The zero-order valence-corrected chi connectivity index (χ0v) is 18.1. The second-order valence-corrected chi connectivity index (χ2v) is 9.24. The Bertz CT molecular complexity index is 680. The maximum absolute atomic E-state index is 13.5. The van der Waals surface area contributed by atoms with E-state index >= 15 is 0 Å². The molecule has 3 rings (SSSR count). The number of unbranched alkanes of at least 4 members (excludes halogenated alkanes) is 6. The fraction of sp³-hybridized carbons (Fsp3) is 0.630. The third-order valence-corrected chi connectivity index (χ3v) is 7.10. The smallest absolute Gasteiger partial charge is 0.159 e. The van der Waals surface area contributed by atoms with Gasteiger partial charge in [0.05, 0.1) is 0 Å². The van der Waals surface area contributed by atoms with E-state index in [1.807, 2.05) is 0 Å². The van der Waals surface area contributed by atoms with Gasteiger partial charge in [0.1, 0.15) is 0 Å². The summed E-state index contributed by atoms with van der Waals surface area (Å²) in [5, 5.41) is 0. The fourth-order valence-corrected chi connectivity index (χ4v) is 5.17. The minimum Gasteiger partial charge on any atom is -0.204 e. The van der Waals surface area contributed by atoms with Crippen molar-refractivity contribution in [3.05, 3.63) is 53.6 Å². The van der Waals surface area contributed by atoms with Crippen LogP contribution in [-0.4, -0.2) is 0 Å². The molecule has 0 nitrogen and oxygen atoms in total. The highest BCUT2D eigenvalue weighted by Gasteiger charge is 2.26. The molecule has 1 aromatic carbocycles. The van der Waals surface area contributed by atoms with Crippen molar-refractivity contribution in [1.82, 2.24) is 0 Å². The van der Waals surface area contributed by atoms with Crippen LogP contribution in [0.15, 0.2) is 36.4 Å². The van der Waals surface area contributed by atoms with E-state index in [4.69, 9.17) is 0 Å². The minimum absolute atomic E-state index is 0.614. The Balaban J connectivity index is 1.35. The van der Waals surface area contributed by atoms with Gasteiger partial charge in [0.25, 0.3) is 0 Å². The normalized spacial score (nSPS) is 24.5. The van der Waals surface area contributed by atoms with Gasteiger partial charge in [-0.3, -0.25) is 0 Å². The predicted molar refractivity (Wildman–Crippen MR) is 120 cm³/mol. The van der Waals surface area contributed by atoms with E-state index in [9.17, 15) is 8.78 Å². The maximum Gasteiger partial charge on any atom is 0.159 e. The molecule has 0 N–H and O–H groups in total. The van der Waals surface area contributed by atoms with Gasteiger partial charge in [0.2, 0.25) is 0 Å². The monoisotopic (exact) mass is 400 g/mol. The van der Waals surface area contributed by atoms with Crippen LogP contribution in [0.5, 0.6) is 0 Å². The van der Waals surface area contributed by atoms with E-state index in [2.05, 4.69) is 25.2 Å². The van der Waals surface area contributed by atoms with Gasteiger partial charge in [-0.15, -0.1) is 0 Å². The summed E-state index contributed by atoms with van der Waals surface area (Å²) in [4.78, 5) is 0. The van der Waals surface area contributed by atoms with Crippen molar-refractivity contribution < 1.29 is 8.78 Å². The van der Waals surface area contributed by atoms with E-state index in [0.717, 1.165) is 29.4 Å². The van der Waals surface area contributed by atoms with Gasteiger partial charge in [-0.1, -0.05) is 95.4 Å². The SMILES string of the molecule is CCCCCCCCCC1CCC(C2C=CC(c3ccc(F)c(F)c3)=CC2)CC1. The van der Waals surface area contributed by atoms with Crippen LogP contribution in [0, 0.1) is 29.4 Å². The van der Waals surface area contributed by atoms with Crippen LogP contribution in [0.3, 0.4) is 0 Å². The Hall–Kier alpha value is -1.44. The molecule has 160 valence electrons. The highest BCUT2D eigenvalue weighted by atomic mass is 19.2. The van der Waals surface area contributed by atoms with Crippen molar-refractivity contribution in [3.63, 3.8) is 0 Å². The highest BCUT2D eigenvalue weighted by molar-refractivity contribution is 5.74. The molecule has 0 saturated heterocycles. The molecule has 2 aliphatic rings. The lowest BCUT2D eigenvalue weighted by Crippen LogP contribution is -2.21. The Morgan fingerprint density at radius 2 is 1.59 bits per heavy atom. The molecule has 2 aliphatic carbocycles. The molecule has 1 fully saturated rings. The molecular formula is C27H38F2. The van der Waals surface area contributed by atoms with Gasteiger partial charge >= 0.3 is 0 Å². The first kappa shape index (κ1) is 22.2. The average Bonchev–Trinajstić information content (AvgIpc) is 2.76. The van der Waals surface area contributed by atoms with Crippen LogP contribution >= 0.6 is 0 Å². The Morgan fingerprint density at radius 1 is 0.862 bits per heavy atom. The van der Waals surface area contributed by atoms with Crippen LogP contribution in [-0.2, 0) is 0 Å². The number of halogens is 2. The molecule has 0 spiro atoms. The van der Waals surface area contributed by atoms with Crippen molar-refractivity contribution in [2.75, 3.05) is 0 Å². The summed E-state index contributed by atoms with van der Waals surface area (Å²) in [5.74, 6) is 0.809. The summed E-state index contributed by atoms with van der Waals surface area (Å²) in [6.07, 6.45) is 24.4. The number of rotatable bonds is 10. The molecule has 0 heterocycles. The summed E-state index contributed by atoms with van der Waals surface area (Å²) < 4.78 is 26.6. The molecule has 2 heteroatoms. The fourth-order valence-electron chi connectivity index (χ4n) is 5.17. The molecule has 1 aromatic rings. The summed E-state index contributed by atoms with van der Waals surface area (Å²) in [5.41, 5.74) is 1.80. The van der Waals surface area contributed by atoms with Gasteiger partial charge in [-0.2, -0.15) is 0 Å². The Kier molecular flexibility index (Phi) is 8.95. The van der Waals surface area contributed by atoms with E-state index in [0.29, 0.717) is 5.92 Å². The minimum atomic E-state index is -0.778. The molecule has 0 amide bonds. The average molecular weight is 401 g/mol. The van der Waals surface area contributed by atoms with Gasteiger partial charge in [0, 0.05) is 0 Å². The molecule has 1 saturated carbocycles. The third-order valence-electron chi connectivity index (χ3n) is 7.10. The molecule has 0 bridgehead atoms. The van der Waals surface area contributed by atoms with Gasteiger partial charge in [-0.25, -0.2) is 8.78 Å². The first-order chi connectivity index (χ1) is 14.2. The van der Waals surface area contributed by atoms with Crippen molar-refractivity contribution in [3.8, 4) is 0 Å². The summed E-state index contributed by atoms with van der Waals surface area (Å²) in [7, 11) is 0. The lowest BCUT2D eigenvalue weighted by Gasteiger charge is -2.33. The Morgan fingerprint density at radius 3 is 2.24 bits per heavy atom. The van der Waals surface area contributed by atoms with Crippen LogP contribution < -0.4 is 0 Å². The number of hydrogen-bond donors (Lipinski definition) is 0. The summed E-state index contributed by atoms with van der Waals surface area (Å²) in [6, 6.07) is 4.20. The van der Waals surface area contributed by atoms with E-state index in [1.165, 1.54) is 89.2 Å². The summed E-state index contributed by atoms with van der Waals surface area (Å²) in [6.45, 7) is 2.28. The molecule has 0 radical (unpaired) electrons. The van der Waals surface area contributed by atoms with Crippen LogP contribution in [0.1, 0.15) is 96.0 Å². The topological polar surface area (TPSA) is 0 Å². The lowest BCUT2D eigenvalue weighted by molar-refractivity contribution is 0.218. The predicted octanol–water partition coefficient (Wildman–Crippen LogP) is 8.87. The van der Waals surface area contributed by atoms with Crippen molar-refractivity contribution >= 4 is 5.57 Å². The van der Waals surface area contributed by atoms with E-state index in [1.54, 1.807) is 6.07 Å².